The summed E-state index contributed by atoms with van der Waals surface area (Å²) < 4.78 is 0. The first kappa shape index (κ1) is 11.9. The molecular formula is C9H11ClN4O3. The minimum atomic E-state index is -1.31. The molecule has 1 unspecified atom stereocenters. The largest absolute Gasteiger partial charge is 0.480 e. The lowest BCUT2D eigenvalue weighted by atomic mass is 10.0. The van der Waals surface area contributed by atoms with Gasteiger partial charge >= 0.3 is 5.97 Å². The number of hydrogen-bond acceptors (Lipinski definition) is 5. The van der Waals surface area contributed by atoms with E-state index in [2.05, 4.69) is 9.97 Å². The van der Waals surface area contributed by atoms with Gasteiger partial charge in [-0.25, -0.2) is 4.98 Å². The molecule has 7 nitrogen and oxygen atoms in total. The van der Waals surface area contributed by atoms with E-state index in [1.54, 1.807) is 4.90 Å². The van der Waals surface area contributed by atoms with Crippen molar-refractivity contribution in [2.24, 2.45) is 5.73 Å². The smallest absolute Gasteiger partial charge is 0.325 e. The number of hydrogen-bond donors (Lipinski definition) is 3. The highest BCUT2D eigenvalue weighted by Crippen LogP contribution is 2.27. The summed E-state index contributed by atoms with van der Waals surface area (Å²) in [6.07, 6.45) is 1.51. The van der Waals surface area contributed by atoms with Crippen LogP contribution in [-0.2, 0) is 4.79 Å². The van der Waals surface area contributed by atoms with E-state index in [9.17, 15) is 9.59 Å². The number of carboxylic acid groups (broad SMARTS) is 1. The lowest BCUT2D eigenvalue weighted by Crippen LogP contribution is -2.50. The van der Waals surface area contributed by atoms with Crippen LogP contribution in [0.4, 0.5) is 5.82 Å². The fourth-order valence-electron chi connectivity index (χ4n) is 1.78. The highest BCUT2D eigenvalue weighted by molar-refractivity contribution is 6.32. The zero-order valence-corrected chi connectivity index (χ0v) is 9.57. The van der Waals surface area contributed by atoms with Gasteiger partial charge in [-0.1, -0.05) is 11.6 Å². The number of aromatic amines is 1. The van der Waals surface area contributed by atoms with E-state index in [0.717, 1.165) is 0 Å². The second-order valence-corrected chi connectivity index (χ2v) is 4.38. The fourth-order valence-corrected chi connectivity index (χ4v) is 2.01. The standard InChI is InChI=1S/C9H11ClN4O3/c10-5-6(12-4-13-7(5)15)14-2-1-9(11,3-14)8(16)17/h4H,1-3,11H2,(H,16,17)(H,12,13,15). The molecule has 92 valence electrons. The second-order valence-electron chi connectivity index (χ2n) is 4.00. The van der Waals surface area contributed by atoms with E-state index in [0.29, 0.717) is 6.54 Å². The zero-order chi connectivity index (χ0) is 12.6. The molecule has 8 heteroatoms. The SMILES string of the molecule is NC1(C(=O)O)CCN(c2nc[nH]c(=O)c2Cl)C1. The highest BCUT2D eigenvalue weighted by atomic mass is 35.5. The van der Waals surface area contributed by atoms with Crippen molar-refractivity contribution in [3.05, 3.63) is 21.7 Å². The van der Waals surface area contributed by atoms with Crippen molar-refractivity contribution in [2.45, 2.75) is 12.0 Å². The molecule has 1 atom stereocenters. The Balaban J connectivity index is 2.30. The lowest BCUT2D eigenvalue weighted by Gasteiger charge is -2.21. The predicted molar refractivity (Wildman–Crippen MR) is 61.3 cm³/mol. The van der Waals surface area contributed by atoms with Crippen LogP contribution in [0.2, 0.25) is 5.02 Å². The molecule has 17 heavy (non-hydrogen) atoms. The average Bonchev–Trinajstić information content (AvgIpc) is 2.66. The van der Waals surface area contributed by atoms with Gasteiger partial charge in [0.15, 0.2) is 5.82 Å². The van der Waals surface area contributed by atoms with Gasteiger partial charge in [0, 0.05) is 13.1 Å². The first-order valence-corrected chi connectivity index (χ1v) is 5.32. The topological polar surface area (TPSA) is 112 Å². The van der Waals surface area contributed by atoms with Gasteiger partial charge in [0.05, 0.1) is 6.33 Å². The number of halogens is 1. The van der Waals surface area contributed by atoms with Crippen molar-refractivity contribution >= 4 is 23.4 Å². The minimum absolute atomic E-state index is 0.0536. The van der Waals surface area contributed by atoms with E-state index in [4.69, 9.17) is 22.4 Å². The Morgan fingerprint density at radius 2 is 2.41 bits per heavy atom. The van der Waals surface area contributed by atoms with Gasteiger partial charge in [-0.15, -0.1) is 0 Å². The van der Waals surface area contributed by atoms with Crippen molar-refractivity contribution in [1.82, 2.24) is 9.97 Å². The molecule has 1 aromatic heterocycles. The number of carboxylic acids is 1. The third-order valence-corrected chi connectivity index (χ3v) is 3.15. The monoisotopic (exact) mass is 258 g/mol. The summed E-state index contributed by atoms with van der Waals surface area (Å²) in [5, 5.41) is 8.93. The quantitative estimate of drug-likeness (QED) is 0.654. The van der Waals surface area contributed by atoms with Crippen LogP contribution >= 0.6 is 11.6 Å². The molecule has 2 rings (SSSR count). The molecule has 1 fully saturated rings. The molecule has 4 N–H and O–H groups in total. The van der Waals surface area contributed by atoms with Crippen molar-refractivity contribution in [3.63, 3.8) is 0 Å². The maximum Gasteiger partial charge on any atom is 0.325 e. The highest BCUT2D eigenvalue weighted by Gasteiger charge is 2.42. The van der Waals surface area contributed by atoms with Crippen LogP contribution in [0.5, 0.6) is 0 Å². The van der Waals surface area contributed by atoms with E-state index in [1.165, 1.54) is 6.33 Å². The number of aromatic nitrogens is 2. The second kappa shape index (κ2) is 4.01. The Labute approximate surface area is 101 Å². The summed E-state index contributed by atoms with van der Waals surface area (Å²) in [4.78, 5) is 30.1. The predicted octanol–water partition coefficient (Wildman–Crippen LogP) is -0.585. The molecule has 1 aliphatic heterocycles. The van der Waals surface area contributed by atoms with Crippen LogP contribution < -0.4 is 16.2 Å². The van der Waals surface area contributed by atoms with E-state index >= 15 is 0 Å². The van der Waals surface area contributed by atoms with Crippen molar-refractivity contribution in [3.8, 4) is 0 Å². The fraction of sp³-hybridized carbons (Fsp3) is 0.444. The number of rotatable bonds is 2. The number of nitrogens with two attached hydrogens (primary N) is 1. The summed E-state index contributed by atoms with van der Waals surface area (Å²) in [7, 11) is 0. The van der Waals surface area contributed by atoms with Crippen molar-refractivity contribution in [2.75, 3.05) is 18.0 Å². The number of carbonyl (C=O) groups is 1. The molecule has 1 aromatic rings. The van der Waals surface area contributed by atoms with Gasteiger partial charge in [0.2, 0.25) is 0 Å². The summed E-state index contributed by atoms with van der Waals surface area (Å²) in [6, 6.07) is 0. The summed E-state index contributed by atoms with van der Waals surface area (Å²) >= 11 is 5.81. The van der Waals surface area contributed by atoms with Crippen LogP contribution in [0, 0.1) is 0 Å². The number of aliphatic carboxylic acids is 1. The number of anilines is 1. The summed E-state index contributed by atoms with van der Waals surface area (Å²) in [6.45, 7) is 0.484. The van der Waals surface area contributed by atoms with Gasteiger partial charge in [-0.2, -0.15) is 0 Å². The first-order chi connectivity index (χ1) is 7.94. The Morgan fingerprint density at radius 1 is 1.71 bits per heavy atom. The van der Waals surface area contributed by atoms with Crippen LogP contribution in [0.1, 0.15) is 6.42 Å². The molecular weight excluding hydrogens is 248 g/mol. The van der Waals surface area contributed by atoms with E-state index in [1.807, 2.05) is 0 Å². The van der Waals surface area contributed by atoms with Gasteiger partial charge in [-0.05, 0) is 6.42 Å². The van der Waals surface area contributed by atoms with Crippen LogP contribution in [0.25, 0.3) is 0 Å². The molecule has 0 aromatic carbocycles. The number of H-pyrrole nitrogens is 1. The van der Waals surface area contributed by atoms with Gasteiger partial charge in [-0.3, -0.25) is 9.59 Å². The summed E-state index contributed by atoms with van der Waals surface area (Å²) in [5.74, 6) is -0.801. The Bertz CT molecular complexity index is 517. The van der Waals surface area contributed by atoms with Crippen molar-refractivity contribution < 1.29 is 9.90 Å². The molecule has 0 bridgehead atoms. The molecule has 0 spiro atoms. The Kier molecular flexibility index (Phi) is 2.80. The Hall–Kier alpha value is -1.60. The molecule has 0 aliphatic carbocycles. The van der Waals surface area contributed by atoms with E-state index < -0.39 is 17.1 Å². The van der Waals surface area contributed by atoms with Gasteiger partial charge in [0.1, 0.15) is 10.6 Å². The molecule has 1 saturated heterocycles. The maximum atomic E-state index is 11.3. The zero-order valence-electron chi connectivity index (χ0n) is 8.81. The number of nitrogens with zero attached hydrogens (tertiary/aromatic N) is 2. The van der Waals surface area contributed by atoms with Crippen LogP contribution in [0.15, 0.2) is 11.1 Å². The van der Waals surface area contributed by atoms with E-state index in [-0.39, 0.29) is 23.8 Å². The van der Waals surface area contributed by atoms with Crippen molar-refractivity contribution in [1.29, 1.82) is 0 Å². The summed E-state index contributed by atoms with van der Waals surface area (Å²) in [5.41, 5.74) is 3.95. The minimum Gasteiger partial charge on any atom is -0.480 e. The van der Waals surface area contributed by atoms with Gasteiger partial charge < -0.3 is 20.7 Å². The number of nitrogens with one attached hydrogen (secondary N) is 1. The molecule has 0 amide bonds. The third kappa shape index (κ3) is 1.98. The molecule has 1 aliphatic rings. The van der Waals surface area contributed by atoms with Crippen LogP contribution in [0.3, 0.4) is 0 Å². The molecule has 2 heterocycles. The maximum absolute atomic E-state index is 11.3. The molecule has 0 saturated carbocycles. The van der Waals surface area contributed by atoms with Crippen LogP contribution in [-0.4, -0.2) is 39.7 Å². The third-order valence-electron chi connectivity index (χ3n) is 2.80. The lowest BCUT2D eigenvalue weighted by molar-refractivity contribution is -0.142. The Morgan fingerprint density at radius 3 is 3.00 bits per heavy atom. The van der Waals surface area contributed by atoms with Gasteiger partial charge in [0.25, 0.3) is 5.56 Å². The normalized spacial score (nSPS) is 24.0. The average molecular weight is 259 g/mol. The first-order valence-electron chi connectivity index (χ1n) is 4.94. The molecule has 0 radical (unpaired) electrons.